The molecule has 6 heteroatoms. The molecular weight excluding hydrogens is 456 g/mol. The van der Waals surface area contributed by atoms with Gasteiger partial charge >= 0.3 is 0 Å². The number of rotatable bonds is 4. The number of carbonyl (C=O) groups excluding carboxylic acids is 1. The molecule has 0 spiro atoms. The van der Waals surface area contributed by atoms with Crippen molar-refractivity contribution in [2.24, 2.45) is 0 Å². The first kappa shape index (κ1) is 24.0. The molecule has 0 bridgehead atoms. The second-order valence-corrected chi connectivity index (χ2v) is 10.8. The molecule has 188 valence electrons. The maximum Gasteiger partial charge on any atom is 0.174 e. The lowest BCUT2D eigenvalue weighted by atomic mass is 9.89. The van der Waals surface area contributed by atoms with Crippen LogP contribution in [0.3, 0.4) is 0 Å². The van der Waals surface area contributed by atoms with Crippen LogP contribution in [0.5, 0.6) is 28.7 Å². The summed E-state index contributed by atoms with van der Waals surface area (Å²) in [6, 6.07) is 4.86. The van der Waals surface area contributed by atoms with Gasteiger partial charge in [-0.1, -0.05) is 17.7 Å². The summed E-state index contributed by atoms with van der Waals surface area (Å²) >= 11 is 0. The Morgan fingerprint density at radius 2 is 1.78 bits per heavy atom. The van der Waals surface area contributed by atoms with E-state index >= 15 is 0 Å². The van der Waals surface area contributed by atoms with Crippen molar-refractivity contribution in [3.63, 3.8) is 0 Å². The van der Waals surface area contributed by atoms with Gasteiger partial charge in [0.2, 0.25) is 0 Å². The van der Waals surface area contributed by atoms with Gasteiger partial charge in [-0.3, -0.25) is 4.79 Å². The molecule has 3 aliphatic rings. The third-order valence-corrected chi connectivity index (χ3v) is 6.85. The van der Waals surface area contributed by atoms with Gasteiger partial charge in [-0.05, 0) is 71.8 Å². The zero-order valence-electron chi connectivity index (χ0n) is 21.3. The minimum absolute atomic E-state index is 0.00578. The van der Waals surface area contributed by atoms with Crippen LogP contribution in [0, 0.1) is 0 Å². The Labute approximate surface area is 211 Å². The molecule has 0 fully saturated rings. The third kappa shape index (κ3) is 4.36. The number of phenolic OH excluding ortho intramolecular Hbond substituents is 2. The first-order valence-corrected chi connectivity index (χ1v) is 12.3. The van der Waals surface area contributed by atoms with Crippen molar-refractivity contribution < 1.29 is 29.2 Å². The van der Waals surface area contributed by atoms with Crippen LogP contribution in [0.1, 0.15) is 87.0 Å². The molecule has 0 radical (unpaired) electrons. The molecule has 6 nitrogen and oxygen atoms in total. The number of benzene rings is 2. The number of aromatic hydroxyl groups is 2. The Balaban J connectivity index is 1.49. The summed E-state index contributed by atoms with van der Waals surface area (Å²) in [5.41, 5.74) is 2.29. The smallest absolute Gasteiger partial charge is 0.174 e. The molecule has 2 aromatic carbocycles. The monoisotopic (exact) mass is 488 g/mol. The van der Waals surface area contributed by atoms with E-state index in [2.05, 4.69) is 19.9 Å². The summed E-state index contributed by atoms with van der Waals surface area (Å²) in [4.78, 5) is 13.2. The molecule has 2 atom stereocenters. The predicted octanol–water partition coefficient (Wildman–Crippen LogP) is 6.90. The van der Waals surface area contributed by atoms with Crippen LogP contribution in [-0.4, -0.2) is 27.2 Å². The van der Waals surface area contributed by atoms with Gasteiger partial charge in [-0.2, -0.15) is 0 Å². The highest BCUT2D eigenvalue weighted by atomic mass is 16.5. The summed E-state index contributed by atoms with van der Waals surface area (Å²) in [6.07, 6.45) is 10.8. The average Bonchev–Trinajstić information content (AvgIpc) is 2.77. The number of Topliss-reactive ketones (excluding diaryl/α,β-unsaturated/α-hetero) is 1. The lowest BCUT2D eigenvalue weighted by Gasteiger charge is -2.35. The summed E-state index contributed by atoms with van der Waals surface area (Å²) < 4.78 is 18.6. The van der Waals surface area contributed by atoms with Crippen molar-refractivity contribution in [3.8, 4) is 28.7 Å². The van der Waals surface area contributed by atoms with E-state index < -0.39 is 17.3 Å². The number of allylic oxidation sites excluding steroid dienone is 2. The molecule has 0 aliphatic carbocycles. The lowest BCUT2D eigenvalue weighted by molar-refractivity contribution is 0.0836. The minimum atomic E-state index is -0.719. The van der Waals surface area contributed by atoms with Crippen molar-refractivity contribution >= 4 is 17.9 Å². The van der Waals surface area contributed by atoms with Crippen LogP contribution in [0.25, 0.3) is 12.2 Å². The van der Waals surface area contributed by atoms with Gasteiger partial charge in [0.1, 0.15) is 51.6 Å². The number of carbonyl (C=O) groups is 1. The standard InChI is InChI=1S/C30H32O6/c1-17(2)7-6-10-30(5)12-9-19-26(36-30)16-23(33)27-22(32)15-25(34-28(19)27)20-13-18-8-11-29(3,4)35-24(18)14-21(20)31/h7-9,11-14,16,25,31,33H,6,10,15H2,1-5H3. The topological polar surface area (TPSA) is 85.2 Å². The Hall–Kier alpha value is -3.67. The van der Waals surface area contributed by atoms with Gasteiger partial charge in [-0.15, -0.1) is 0 Å². The van der Waals surface area contributed by atoms with Crippen LogP contribution < -0.4 is 14.2 Å². The predicted molar refractivity (Wildman–Crippen MR) is 139 cm³/mol. The molecule has 3 heterocycles. The highest BCUT2D eigenvalue weighted by molar-refractivity contribution is 6.04. The van der Waals surface area contributed by atoms with Crippen molar-refractivity contribution in [1.82, 2.24) is 0 Å². The van der Waals surface area contributed by atoms with Crippen LogP contribution in [-0.2, 0) is 0 Å². The number of phenols is 2. The summed E-state index contributed by atoms with van der Waals surface area (Å²) in [6.45, 7) is 10.0. The molecule has 36 heavy (non-hydrogen) atoms. The van der Waals surface area contributed by atoms with E-state index in [0.29, 0.717) is 22.6 Å². The maximum atomic E-state index is 13.2. The molecule has 2 aromatic rings. The van der Waals surface area contributed by atoms with Gasteiger partial charge in [0.05, 0.1) is 12.0 Å². The van der Waals surface area contributed by atoms with Gasteiger partial charge in [0.25, 0.3) is 0 Å². The quantitative estimate of drug-likeness (QED) is 0.456. The van der Waals surface area contributed by atoms with Crippen LogP contribution in [0.15, 0.2) is 42.0 Å². The van der Waals surface area contributed by atoms with Crippen LogP contribution >= 0.6 is 0 Å². The molecule has 0 saturated heterocycles. The van der Waals surface area contributed by atoms with E-state index in [1.807, 2.05) is 45.1 Å². The van der Waals surface area contributed by atoms with Crippen molar-refractivity contribution in [2.75, 3.05) is 0 Å². The van der Waals surface area contributed by atoms with E-state index in [0.717, 1.165) is 18.4 Å². The minimum Gasteiger partial charge on any atom is -0.507 e. The Morgan fingerprint density at radius 3 is 2.53 bits per heavy atom. The summed E-state index contributed by atoms with van der Waals surface area (Å²) in [5, 5.41) is 21.5. The molecule has 0 aromatic heterocycles. The zero-order chi connectivity index (χ0) is 25.8. The van der Waals surface area contributed by atoms with E-state index in [1.165, 1.54) is 11.6 Å². The Bertz CT molecular complexity index is 1340. The second-order valence-electron chi connectivity index (χ2n) is 10.8. The summed E-state index contributed by atoms with van der Waals surface area (Å²) in [7, 11) is 0. The van der Waals surface area contributed by atoms with E-state index in [-0.39, 0.29) is 35.0 Å². The van der Waals surface area contributed by atoms with E-state index in [9.17, 15) is 15.0 Å². The fourth-order valence-corrected chi connectivity index (χ4v) is 4.91. The largest absolute Gasteiger partial charge is 0.507 e. The van der Waals surface area contributed by atoms with Crippen molar-refractivity contribution in [2.45, 2.75) is 71.2 Å². The van der Waals surface area contributed by atoms with Gasteiger partial charge in [0.15, 0.2) is 5.78 Å². The van der Waals surface area contributed by atoms with Crippen LogP contribution in [0.4, 0.5) is 0 Å². The van der Waals surface area contributed by atoms with Crippen molar-refractivity contribution in [1.29, 1.82) is 0 Å². The average molecular weight is 489 g/mol. The number of hydrogen-bond acceptors (Lipinski definition) is 6. The lowest BCUT2D eigenvalue weighted by Crippen LogP contribution is -2.32. The highest BCUT2D eigenvalue weighted by Gasteiger charge is 2.38. The maximum absolute atomic E-state index is 13.2. The number of fused-ring (bicyclic) bond motifs is 4. The van der Waals surface area contributed by atoms with Crippen molar-refractivity contribution in [3.05, 3.63) is 64.3 Å². The van der Waals surface area contributed by atoms with E-state index in [4.69, 9.17) is 14.2 Å². The number of ketones is 1. The van der Waals surface area contributed by atoms with Gasteiger partial charge < -0.3 is 24.4 Å². The normalized spacial score (nSPS) is 22.9. The summed E-state index contributed by atoms with van der Waals surface area (Å²) in [5.74, 6) is 0.895. The van der Waals surface area contributed by atoms with Gasteiger partial charge in [0, 0.05) is 23.3 Å². The van der Waals surface area contributed by atoms with Gasteiger partial charge in [-0.25, -0.2) is 0 Å². The molecule has 0 saturated carbocycles. The molecule has 5 rings (SSSR count). The Kier molecular flexibility index (Phi) is 5.66. The second kappa shape index (κ2) is 8.47. The third-order valence-electron chi connectivity index (χ3n) is 6.85. The van der Waals surface area contributed by atoms with Crippen LogP contribution in [0.2, 0.25) is 0 Å². The zero-order valence-corrected chi connectivity index (χ0v) is 21.3. The number of ether oxygens (including phenoxy) is 3. The molecule has 2 unspecified atom stereocenters. The molecule has 0 amide bonds. The Morgan fingerprint density at radius 1 is 1.03 bits per heavy atom. The number of hydrogen-bond donors (Lipinski definition) is 2. The molecule has 3 aliphatic heterocycles. The first-order chi connectivity index (χ1) is 16.9. The molecule has 2 N–H and O–H groups in total. The van der Waals surface area contributed by atoms with E-state index in [1.54, 1.807) is 12.1 Å². The highest BCUT2D eigenvalue weighted by Crippen LogP contribution is 2.50. The fourth-order valence-electron chi connectivity index (χ4n) is 4.91. The first-order valence-electron chi connectivity index (χ1n) is 12.3. The molecular formula is C30H32O6. The SMILES string of the molecule is CC(C)=CCCC1(C)C=Cc2c(cc(O)c3c2OC(c2cc4c(cc2O)OC(C)(C)C=C4)CC3=O)O1. The fraction of sp³-hybridized carbons (Fsp3) is 0.367.